The fourth-order valence-electron chi connectivity index (χ4n) is 1.27. The molecule has 16 heavy (non-hydrogen) atoms. The summed E-state index contributed by atoms with van der Waals surface area (Å²) in [6.45, 7) is 2.14. The number of nitrogens with zero attached hydrogens (tertiary/aromatic N) is 1. The minimum Gasteiger partial charge on any atom is -0.488 e. The predicted molar refractivity (Wildman–Crippen MR) is 59.6 cm³/mol. The zero-order chi connectivity index (χ0) is 12.0. The molecule has 2 N–H and O–H groups in total. The van der Waals surface area contributed by atoms with Crippen LogP contribution < -0.4 is 10.3 Å². The Morgan fingerprint density at radius 3 is 2.94 bits per heavy atom. The van der Waals surface area contributed by atoms with Gasteiger partial charge in [-0.25, -0.2) is 0 Å². The molecule has 0 saturated carbocycles. The molecule has 0 fully saturated rings. The van der Waals surface area contributed by atoms with E-state index < -0.39 is 6.10 Å². The second-order valence-corrected chi connectivity index (χ2v) is 3.51. The molecule has 1 rings (SSSR count). The number of aliphatic hydroxyl groups excluding tert-OH is 2. The number of ether oxygens (including phenoxy) is 1. The first-order valence-electron chi connectivity index (χ1n) is 5.30. The molecule has 0 aliphatic heterocycles. The Morgan fingerprint density at radius 1 is 1.56 bits per heavy atom. The van der Waals surface area contributed by atoms with E-state index in [0.717, 1.165) is 6.42 Å². The average molecular weight is 227 g/mol. The summed E-state index contributed by atoms with van der Waals surface area (Å²) in [7, 11) is 0. The average Bonchev–Trinajstić information content (AvgIpc) is 2.30. The zero-order valence-corrected chi connectivity index (χ0v) is 9.30. The molecule has 90 valence electrons. The SMILES string of the molecule is CCCOc1cccn(CC(O)CO)c1=O. The molecular formula is C11H17NO4. The molecule has 0 amide bonds. The number of aliphatic hydroxyl groups is 2. The van der Waals surface area contributed by atoms with Crippen LogP contribution in [0.4, 0.5) is 0 Å². The zero-order valence-electron chi connectivity index (χ0n) is 9.30. The van der Waals surface area contributed by atoms with Crippen molar-refractivity contribution in [3.63, 3.8) is 0 Å². The first-order chi connectivity index (χ1) is 7.69. The maximum absolute atomic E-state index is 11.8. The predicted octanol–water partition coefficient (Wildman–Crippen LogP) is -0.00970. The van der Waals surface area contributed by atoms with E-state index in [2.05, 4.69) is 0 Å². The van der Waals surface area contributed by atoms with Crippen LogP contribution in [0.5, 0.6) is 5.75 Å². The molecule has 5 heteroatoms. The summed E-state index contributed by atoms with van der Waals surface area (Å²) in [5.41, 5.74) is -0.288. The number of aromatic nitrogens is 1. The fourth-order valence-corrected chi connectivity index (χ4v) is 1.27. The van der Waals surface area contributed by atoms with Crippen LogP contribution in [0.3, 0.4) is 0 Å². The summed E-state index contributed by atoms with van der Waals surface area (Å²) >= 11 is 0. The highest BCUT2D eigenvalue weighted by atomic mass is 16.5. The molecule has 1 heterocycles. The van der Waals surface area contributed by atoms with Gasteiger partial charge in [0.15, 0.2) is 5.75 Å². The van der Waals surface area contributed by atoms with Crippen molar-refractivity contribution in [3.05, 3.63) is 28.7 Å². The maximum atomic E-state index is 11.8. The molecule has 0 aliphatic carbocycles. The normalized spacial score (nSPS) is 12.4. The third-order valence-corrected chi connectivity index (χ3v) is 2.07. The van der Waals surface area contributed by atoms with Crippen LogP contribution in [0, 0.1) is 0 Å². The smallest absolute Gasteiger partial charge is 0.292 e. The number of pyridine rings is 1. The van der Waals surface area contributed by atoms with E-state index in [1.54, 1.807) is 18.3 Å². The lowest BCUT2D eigenvalue weighted by Gasteiger charge is -2.11. The first kappa shape index (κ1) is 12.7. The van der Waals surface area contributed by atoms with Gasteiger partial charge in [-0.15, -0.1) is 0 Å². The standard InChI is InChI=1S/C11H17NO4/c1-2-6-16-10-4-3-5-12(11(10)15)7-9(14)8-13/h3-5,9,13-14H,2,6-8H2,1H3. The number of hydrogen-bond donors (Lipinski definition) is 2. The molecular weight excluding hydrogens is 210 g/mol. The van der Waals surface area contributed by atoms with Crippen molar-refractivity contribution in [1.29, 1.82) is 0 Å². The Bertz CT molecular complexity index is 374. The fraction of sp³-hybridized carbons (Fsp3) is 0.545. The van der Waals surface area contributed by atoms with Gasteiger partial charge in [-0.05, 0) is 18.6 Å². The summed E-state index contributed by atoms with van der Waals surface area (Å²) < 4.78 is 6.59. The van der Waals surface area contributed by atoms with Crippen molar-refractivity contribution in [3.8, 4) is 5.75 Å². The van der Waals surface area contributed by atoms with Crippen molar-refractivity contribution in [2.75, 3.05) is 13.2 Å². The third-order valence-electron chi connectivity index (χ3n) is 2.07. The minimum absolute atomic E-state index is 0.0681. The summed E-state index contributed by atoms with van der Waals surface area (Å²) in [6, 6.07) is 3.27. The van der Waals surface area contributed by atoms with E-state index in [0.29, 0.717) is 6.61 Å². The molecule has 5 nitrogen and oxygen atoms in total. The molecule has 0 bridgehead atoms. The highest BCUT2D eigenvalue weighted by Crippen LogP contribution is 2.02. The minimum atomic E-state index is -0.931. The van der Waals surface area contributed by atoms with Gasteiger partial charge in [0.1, 0.15) is 0 Å². The van der Waals surface area contributed by atoms with E-state index in [9.17, 15) is 9.90 Å². The van der Waals surface area contributed by atoms with E-state index in [4.69, 9.17) is 9.84 Å². The van der Waals surface area contributed by atoms with Crippen LogP contribution in [-0.2, 0) is 6.54 Å². The lowest BCUT2D eigenvalue weighted by atomic mass is 10.3. The van der Waals surface area contributed by atoms with Gasteiger partial charge in [0.05, 0.1) is 25.9 Å². The van der Waals surface area contributed by atoms with E-state index >= 15 is 0 Å². The highest BCUT2D eigenvalue weighted by Gasteiger charge is 2.07. The van der Waals surface area contributed by atoms with Gasteiger partial charge >= 0.3 is 0 Å². The number of rotatable bonds is 6. The van der Waals surface area contributed by atoms with Crippen LogP contribution in [0.25, 0.3) is 0 Å². The summed E-state index contributed by atoms with van der Waals surface area (Å²) in [5.74, 6) is 0.273. The summed E-state index contributed by atoms with van der Waals surface area (Å²) in [4.78, 5) is 11.8. The summed E-state index contributed by atoms with van der Waals surface area (Å²) in [6.07, 6.45) is 1.45. The maximum Gasteiger partial charge on any atom is 0.292 e. The van der Waals surface area contributed by atoms with Gasteiger partial charge in [0.25, 0.3) is 5.56 Å². The lowest BCUT2D eigenvalue weighted by molar-refractivity contribution is 0.0801. The van der Waals surface area contributed by atoms with Gasteiger partial charge in [0, 0.05) is 6.20 Å². The van der Waals surface area contributed by atoms with Crippen molar-refractivity contribution in [1.82, 2.24) is 4.57 Å². The molecule has 0 saturated heterocycles. The first-order valence-corrected chi connectivity index (χ1v) is 5.30. The third kappa shape index (κ3) is 3.36. The Balaban J connectivity index is 2.82. The van der Waals surface area contributed by atoms with Crippen LogP contribution in [0.1, 0.15) is 13.3 Å². The molecule has 0 aliphatic rings. The Kier molecular flexibility index (Phi) is 5.01. The quantitative estimate of drug-likeness (QED) is 0.717. The summed E-state index contributed by atoms with van der Waals surface area (Å²) in [5, 5.41) is 18.0. The van der Waals surface area contributed by atoms with E-state index in [1.165, 1.54) is 4.57 Å². The topological polar surface area (TPSA) is 71.7 Å². The van der Waals surface area contributed by atoms with Crippen molar-refractivity contribution in [2.24, 2.45) is 0 Å². The van der Waals surface area contributed by atoms with Crippen molar-refractivity contribution in [2.45, 2.75) is 26.0 Å². The van der Waals surface area contributed by atoms with E-state index in [1.807, 2.05) is 6.92 Å². The molecule has 0 spiro atoms. The largest absolute Gasteiger partial charge is 0.488 e. The molecule has 1 aromatic rings. The molecule has 1 aromatic heterocycles. The van der Waals surface area contributed by atoms with Crippen molar-refractivity contribution >= 4 is 0 Å². The van der Waals surface area contributed by atoms with Crippen LogP contribution in [0.15, 0.2) is 23.1 Å². The van der Waals surface area contributed by atoms with Crippen LogP contribution in [-0.4, -0.2) is 34.1 Å². The Hall–Kier alpha value is -1.33. The Morgan fingerprint density at radius 2 is 2.31 bits per heavy atom. The number of hydrogen-bond acceptors (Lipinski definition) is 4. The highest BCUT2D eigenvalue weighted by molar-refractivity contribution is 5.17. The molecule has 1 unspecified atom stereocenters. The molecule has 0 radical (unpaired) electrons. The van der Waals surface area contributed by atoms with Gasteiger partial charge in [-0.2, -0.15) is 0 Å². The van der Waals surface area contributed by atoms with Gasteiger partial charge in [-0.3, -0.25) is 4.79 Å². The van der Waals surface area contributed by atoms with Crippen LogP contribution >= 0.6 is 0 Å². The van der Waals surface area contributed by atoms with Crippen molar-refractivity contribution < 1.29 is 14.9 Å². The van der Waals surface area contributed by atoms with Gasteiger partial charge in [-0.1, -0.05) is 6.92 Å². The lowest BCUT2D eigenvalue weighted by Crippen LogP contribution is -2.28. The molecule has 0 aromatic carbocycles. The second-order valence-electron chi connectivity index (χ2n) is 3.51. The van der Waals surface area contributed by atoms with Crippen LogP contribution in [0.2, 0.25) is 0 Å². The molecule has 1 atom stereocenters. The second kappa shape index (κ2) is 6.30. The van der Waals surface area contributed by atoms with Gasteiger partial charge in [0.2, 0.25) is 0 Å². The monoisotopic (exact) mass is 227 g/mol. The van der Waals surface area contributed by atoms with Gasteiger partial charge < -0.3 is 19.5 Å². The Labute approximate surface area is 93.9 Å². The van der Waals surface area contributed by atoms with E-state index in [-0.39, 0.29) is 24.5 Å².